The van der Waals surface area contributed by atoms with Crippen LogP contribution in [0.5, 0.6) is 0 Å². The van der Waals surface area contributed by atoms with Gasteiger partial charge in [-0.3, -0.25) is 18.9 Å². The molecule has 7 nitrogen and oxygen atoms in total. The molecule has 4 aromatic rings. The Kier molecular flexibility index (Phi) is 4.38. The molecule has 3 aromatic heterocycles. The van der Waals surface area contributed by atoms with Crippen molar-refractivity contribution < 1.29 is 0 Å². The molecule has 2 aliphatic rings. The minimum atomic E-state index is 0.0763. The van der Waals surface area contributed by atoms with E-state index in [9.17, 15) is 4.79 Å². The van der Waals surface area contributed by atoms with Crippen LogP contribution in [0, 0.1) is 0 Å². The third-order valence-corrected chi connectivity index (χ3v) is 7.63. The first kappa shape index (κ1) is 18.1. The summed E-state index contributed by atoms with van der Waals surface area (Å²) in [7, 11) is 0. The van der Waals surface area contributed by atoms with Crippen LogP contribution >= 0.6 is 23.5 Å². The Hall–Kier alpha value is -2.65. The van der Waals surface area contributed by atoms with Gasteiger partial charge in [-0.25, -0.2) is 4.98 Å². The van der Waals surface area contributed by atoms with E-state index in [4.69, 9.17) is 4.98 Å². The molecular formula is C21H18N6OS2. The molecule has 4 heterocycles. The quantitative estimate of drug-likeness (QED) is 0.349. The van der Waals surface area contributed by atoms with Gasteiger partial charge < -0.3 is 0 Å². The number of nitrogens with zero attached hydrogens (tertiary/aromatic N) is 6. The zero-order valence-electron chi connectivity index (χ0n) is 16.0. The number of thioether (sulfide) groups is 2. The largest absolute Gasteiger partial charge is 0.297 e. The number of aromatic nitrogens is 6. The maximum absolute atomic E-state index is 13.1. The van der Waals surface area contributed by atoms with E-state index < -0.39 is 0 Å². The monoisotopic (exact) mass is 434 g/mol. The highest BCUT2D eigenvalue weighted by molar-refractivity contribution is 8.00. The zero-order chi connectivity index (χ0) is 20.1. The predicted octanol–water partition coefficient (Wildman–Crippen LogP) is 3.82. The molecule has 30 heavy (non-hydrogen) atoms. The molecule has 1 aromatic carbocycles. The van der Waals surface area contributed by atoms with E-state index in [1.165, 1.54) is 0 Å². The summed E-state index contributed by atoms with van der Waals surface area (Å²) in [5, 5.41) is 11.2. The first-order chi connectivity index (χ1) is 14.8. The SMILES string of the molecule is O=c1c2ccccc2nc(SCC2CSc3nnc(-c4cccnc4)n32)n1C1CC1. The van der Waals surface area contributed by atoms with E-state index in [0.29, 0.717) is 5.39 Å². The van der Waals surface area contributed by atoms with Crippen molar-refractivity contribution in [1.29, 1.82) is 0 Å². The third-order valence-electron chi connectivity index (χ3n) is 5.45. The fraction of sp³-hybridized carbons (Fsp3) is 0.286. The van der Waals surface area contributed by atoms with Gasteiger partial charge >= 0.3 is 0 Å². The number of hydrogen-bond acceptors (Lipinski definition) is 7. The van der Waals surface area contributed by atoms with E-state index in [1.54, 1.807) is 29.7 Å². The lowest BCUT2D eigenvalue weighted by molar-refractivity contribution is 0.589. The van der Waals surface area contributed by atoms with Crippen molar-refractivity contribution >= 4 is 34.4 Å². The molecule has 0 N–H and O–H groups in total. The van der Waals surface area contributed by atoms with Crippen molar-refractivity contribution in [3.63, 3.8) is 0 Å². The Labute approximate surface area is 181 Å². The number of hydrogen-bond donors (Lipinski definition) is 0. The van der Waals surface area contributed by atoms with Crippen LogP contribution in [0.3, 0.4) is 0 Å². The molecule has 150 valence electrons. The molecule has 1 unspecified atom stereocenters. The van der Waals surface area contributed by atoms with Crippen molar-refractivity contribution in [2.75, 3.05) is 11.5 Å². The van der Waals surface area contributed by atoms with Gasteiger partial charge in [0.05, 0.1) is 16.9 Å². The first-order valence-corrected chi connectivity index (χ1v) is 11.9. The Bertz CT molecular complexity index is 1300. The molecule has 0 spiro atoms. The van der Waals surface area contributed by atoms with E-state index in [1.807, 2.05) is 47.2 Å². The summed E-state index contributed by atoms with van der Waals surface area (Å²) in [4.78, 5) is 22.2. The van der Waals surface area contributed by atoms with Crippen molar-refractivity contribution in [2.45, 2.75) is 35.2 Å². The van der Waals surface area contributed by atoms with Crippen molar-refractivity contribution in [3.05, 3.63) is 59.1 Å². The molecule has 1 fully saturated rings. The maximum atomic E-state index is 13.1. The second kappa shape index (κ2) is 7.24. The van der Waals surface area contributed by atoms with Crippen molar-refractivity contribution in [3.8, 4) is 11.4 Å². The van der Waals surface area contributed by atoms with Crippen LogP contribution in [0.15, 0.2) is 63.9 Å². The molecule has 1 atom stereocenters. The smallest absolute Gasteiger partial charge is 0.262 e. The number of benzene rings is 1. The molecule has 1 aliphatic heterocycles. The molecule has 0 saturated heterocycles. The number of rotatable bonds is 5. The van der Waals surface area contributed by atoms with Crippen LogP contribution in [-0.2, 0) is 0 Å². The standard InChI is InChI=1S/C21H18N6OS2/c28-19-16-5-1-2-6-17(16)23-20(27(19)14-7-8-14)29-11-15-12-30-21-25-24-18(26(15)21)13-4-3-9-22-10-13/h1-6,9-10,14-15H,7-8,11-12H2. The summed E-state index contributed by atoms with van der Waals surface area (Å²) in [5.41, 5.74) is 1.81. The summed E-state index contributed by atoms with van der Waals surface area (Å²) < 4.78 is 4.11. The molecule has 1 aliphatic carbocycles. The van der Waals surface area contributed by atoms with Crippen LogP contribution in [0.1, 0.15) is 24.9 Å². The van der Waals surface area contributed by atoms with Gasteiger partial charge in [-0.1, -0.05) is 35.7 Å². The third kappa shape index (κ3) is 3.04. The summed E-state index contributed by atoms with van der Waals surface area (Å²) in [5.74, 6) is 2.59. The van der Waals surface area contributed by atoms with E-state index in [0.717, 1.165) is 51.6 Å². The summed E-state index contributed by atoms with van der Waals surface area (Å²) in [6, 6.07) is 12.1. The van der Waals surface area contributed by atoms with Crippen LogP contribution < -0.4 is 5.56 Å². The maximum Gasteiger partial charge on any atom is 0.262 e. The van der Waals surface area contributed by atoms with Gasteiger partial charge in [0, 0.05) is 35.5 Å². The average molecular weight is 435 g/mol. The molecule has 1 saturated carbocycles. The Morgan fingerprint density at radius 2 is 2.00 bits per heavy atom. The van der Waals surface area contributed by atoms with Crippen molar-refractivity contribution in [2.24, 2.45) is 0 Å². The predicted molar refractivity (Wildman–Crippen MR) is 118 cm³/mol. The number of para-hydroxylation sites is 1. The zero-order valence-corrected chi connectivity index (χ0v) is 17.6. The topological polar surface area (TPSA) is 78.5 Å². The fourth-order valence-electron chi connectivity index (χ4n) is 3.82. The Balaban J connectivity index is 1.34. The second-order valence-corrected chi connectivity index (χ2v) is 9.49. The summed E-state index contributed by atoms with van der Waals surface area (Å²) in [6.45, 7) is 0. The highest BCUT2D eigenvalue weighted by Gasteiger charge is 2.31. The van der Waals surface area contributed by atoms with Crippen molar-refractivity contribution in [1.82, 2.24) is 29.3 Å². The molecule has 9 heteroatoms. The van der Waals surface area contributed by atoms with Crippen LogP contribution in [0.25, 0.3) is 22.3 Å². The molecular weight excluding hydrogens is 416 g/mol. The number of fused-ring (bicyclic) bond motifs is 2. The Morgan fingerprint density at radius 1 is 1.10 bits per heavy atom. The fourth-order valence-corrected chi connectivity index (χ4v) is 6.19. The van der Waals surface area contributed by atoms with Gasteiger partial charge in [0.15, 0.2) is 16.1 Å². The van der Waals surface area contributed by atoms with Gasteiger partial charge in [-0.15, -0.1) is 10.2 Å². The minimum absolute atomic E-state index is 0.0763. The van der Waals surface area contributed by atoms with Gasteiger partial charge in [0.25, 0.3) is 5.56 Å². The van der Waals surface area contributed by atoms with Crippen LogP contribution in [0.4, 0.5) is 0 Å². The van der Waals surface area contributed by atoms with Gasteiger partial charge in [0.1, 0.15) is 0 Å². The summed E-state index contributed by atoms with van der Waals surface area (Å²) >= 11 is 3.38. The van der Waals surface area contributed by atoms with Crippen LogP contribution in [0.2, 0.25) is 0 Å². The Morgan fingerprint density at radius 3 is 2.83 bits per heavy atom. The molecule has 0 bridgehead atoms. The lowest BCUT2D eigenvalue weighted by atomic mass is 10.2. The van der Waals surface area contributed by atoms with Gasteiger partial charge in [-0.05, 0) is 37.1 Å². The van der Waals surface area contributed by atoms with Gasteiger partial charge in [0.2, 0.25) is 0 Å². The van der Waals surface area contributed by atoms with E-state index in [2.05, 4.69) is 19.7 Å². The molecule has 6 rings (SSSR count). The average Bonchev–Trinajstić information content (AvgIpc) is 3.39. The number of pyridine rings is 1. The molecule has 0 radical (unpaired) electrons. The highest BCUT2D eigenvalue weighted by atomic mass is 32.2. The van der Waals surface area contributed by atoms with E-state index in [-0.39, 0.29) is 17.6 Å². The van der Waals surface area contributed by atoms with Crippen LogP contribution in [-0.4, -0.2) is 40.8 Å². The lowest BCUT2D eigenvalue weighted by Gasteiger charge is -2.16. The lowest BCUT2D eigenvalue weighted by Crippen LogP contribution is -2.23. The van der Waals surface area contributed by atoms with Gasteiger partial charge in [-0.2, -0.15) is 0 Å². The highest BCUT2D eigenvalue weighted by Crippen LogP contribution is 2.40. The molecule has 0 amide bonds. The normalized spacial score (nSPS) is 18.1. The second-order valence-electron chi connectivity index (χ2n) is 7.51. The summed E-state index contributed by atoms with van der Waals surface area (Å²) in [6.07, 6.45) is 5.68. The minimum Gasteiger partial charge on any atom is -0.297 e. The first-order valence-electron chi connectivity index (χ1n) is 9.92. The van der Waals surface area contributed by atoms with E-state index >= 15 is 0 Å².